The molecular weight excluding hydrogens is 520 g/mol. The van der Waals surface area contributed by atoms with Gasteiger partial charge in [0.1, 0.15) is 20.9 Å². The van der Waals surface area contributed by atoms with E-state index in [-0.39, 0.29) is 35.3 Å². The summed E-state index contributed by atoms with van der Waals surface area (Å²) in [5.74, 6) is -0.304. The number of nitrogens with zero attached hydrogens (tertiary/aromatic N) is 3. The van der Waals surface area contributed by atoms with E-state index in [0.717, 1.165) is 35.5 Å². The Balaban J connectivity index is 1.46. The van der Waals surface area contributed by atoms with Crippen LogP contribution in [-0.4, -0.2) is 84.3 Å². The van der Waals surface area contributed by atoms with E-state index in [1.807, 2.05) is 35.4 Å². The molecule has 0 bridgehead atoms. The molecule has 4 rings (SSSR count). The Morgan fingerprint density at radius 1 is 1.26 bits per heavy atom. The summed E-state index contributed by atoms with van der Waals surface area (Å²) >= 11 is 1.53. The van der Waals surface area contributed by atoms with Crippen LogP contribution in [0.15, 0.2) is 29.6 Å². The van der Waals surface area contributed by atoms with Crippen molar-refractivity contribution in [3.8, 4) is 10.6 Å². The van der Waals surface area contributed by atoms with Crippen molar-refractivity contribution in [1.29, 1.82) is 0 Å². The van der Waals surface area contributed by atoms with Crippen LogP contribution in [0.3, 0.4) is 0 Å². The SMILES string of the molecule is CCS(=O)(=O)C[C@@H]1C[C@H](N(C)C(C)C)CC[C@@H]1N1CCC(NC(=O)c2cccc(-c3nc(C)cs3)c2)C1=O. The number of benzene rings is 1. The lowest BCUT2D eigenvalue weighted by atomic mass is 9.81. The van der Waals surface area contributed by atoms with Gasteiger partial charge in [-0.05, 0) is 71.6 Å². The van der Waals surface area contributed by atoms with Crippen LogP contribution >= 0.6 is 11.3 Å². The number of sulfone groups is 1. The largest absolute Gasteiger partial charge is 0.340 e. The van der Waals surface area contributed by atoms with Crippen LogP contribution in [0.1, 0.15) is 62.5 Å². The third-order valence-electron chi connectivity index (χ3n) is 8.15. The van der Waals surface area contributed by atoms with Gasteiger partial charge in [0.25, 0.3) is 5.91 Å². The Bertz CT molecular complexity index is 1260. The summed E-state index contributed by atoms with van der Waals surface area (Å²) in [6.07, 6.45) is 2.97. The summed E-state index contributed by atoms with van der Waals surface area (Å²) < 4.78 is 25.3. The van der Waals surface area contributed by atoms with Crippen molar-refractivity contribution in [3.63, 3.8) is 0 Å². The molecule has 1 saturated heterocycles. The Labute approximate surface area is 230 Å². The predicted molar refractivity (Wildman–Crippen MR) is 152 cm³/mol. The molecule has 1 aliphatic carbocycles. The van der Waals surface area contributed by atoms with Crippen LogP contribution in [0.2, 0.25) is 0 Å². The van der Waals surface area contributed by atoms with Gasteiger partial charge in [-0.15, -0.1) is 11.3 Å². The molecule has 4 atom stereocenters. The van der Waals surface area contributed by atoms with Gasteiger partial charge in [0.15, 0.2) is 0 Å². The first kappa shape index (κ1) is 28.7. The minimum Gasteiger partial charge on any atom is -0.340 e. The molecule has 2 aliphatic rings. The zero-order valence-electron chi connectivity index (χ0n) is 23.0. The van der Waals surface area contributed by atoms with Gasteiger partial charge in [-0.3, -0.25) is 9.59 Å². The molecule has 2 fully saturated rings. The van der Waals surface area contributed by atoms with E-state index >= 15 is 0 Å². The molecule has 0 radical (unpaired) electrons. The molecule has 10 heteroatoms. The molecule has 1 saturated carbocycles. The van der Waals surface area contributed by atoms with Gasteiger partial charge in [0.05, 0.1) is 5.75 Å². The molecule has 1 N–H and O–H groups in total. The van der Waals surface area contributed by atoms with E-state index in [2.05, 4.69) is 36.1 Å². The molecule has 1 aliphatic heterocycles. The number of aryl methyl sites for hydroxylation is 1. The first-order valence-electron chi connectivity index (χ1n) is 13.5. The Kier molecular flexibility index (Phi) is 8.94. The summed E-state index contributed by atoms with van der Waals surface area (Å²) in [4.78, 5) is 35.3. The van der Waals surface area contributed by atoms with Gasteiger partial charge < -0.3 is 15.1 Å². The number of aromatic nitrogens is 1. The van der Waals surface area contributed by atoms with Crippen molar-refractivity contribution in [1.82, 2.24) is 20.1 Å². The van der Waals surface area contributed by atoms with Gasteiger partial charge in [0.2, 0.25) is 5.91 Å². The molecule has 1 aromatic carbocycles. The summed E-state index contributed by atoms with van der Waals surface area (Å²) in [5.41, 5.74) is 2.30. The molecular formula is C28H40N4O4S2. The van der Waals surface area contributed by atoms with Crippen molar-refractivity contribution < 1.29 is 18.0 Å². The topological polar surface area (TPSA) is 99.7 Å². The minimum absolute atomic E-state index is 0.0976. The summed E-state index contributed by atoms with van der Waals surface area (Å²) in [6, 6.07) is 7.24. The average Bonchev–Trinajstić information content (AvgIpc) is 3.49. The second kappa shape index (κ2) is 11.8. The molecule has 208 valence electrons. The molecule has 2 heterocycles. The fraction of sp³-hybridized carbons (Fsp3) is 0.607. The summed E-state index contributed by atoms with van der Waals surface area (Å²) in [5, 5.41) is 5.77. The van der Waals surface area contributed by atoms with E-state index in [1.165, 1.54) is 11.3 Å². The van der Waals surface area contributed by atoms with Gasteiger partial charge in [-0.1, -0.05) is 19.1 Å². The number of carbonyl (C=O) groups excluding carboxylic acids is 2. The maximum absolute atomic E-state index is 13.5. The zero-order chi connectivity index (χ0) is 27.6. The number of nitrogens with one attached hydrogen (secondary N) is 1. The Morgan fingerprint density at radius 3 is 2.68 bits per heavy atom. The number of likely N-dealkylation sites (tertiary alicyclic amines) is 1. The van der Waals surface area contributed by atoms with E-state index in [0.29, 0.717) is 30.6 Å². The van der Waals surface area contributed by atoms with Crippen molar-refractivity contribution in [2.24, 2.45) is 5.92 Å². The van der Waals surface area contributed by atoms with Crippen molar-refractivity contribution in [2.75, 3.05) is 25.1 Å². The Hall–Kier alpha value is -2.30. The third-order valence-corrected chi connectivity index (χ3v) is 11.0. The van der Waals surface area contributed by atoms with E-state index < -0.39 is 15.9 Å². The first-order valence-corrected chi connectivity index (χ1v) is 16.3. The highest BCUT2D eigenvalue weighted by Crippen LogP contribution is 2.35. The van der Waals surface area contributed by atoms with Crippen molar-refractivity contribution in [3.05, 3.63) is 40.9 Å². The normalized spacial score (nSPS) is 24.4. The quantitative estimate of drug-likeness (QED) is 0.501. The maximum Gasteiger partial charge on any atom is 0.251 e. The second-order valence-electron chi connectivity index (χ2n) is 11.0. The molecule has 0 spiro atoms. The lowest BCUT2D eigenvalue weighted by Gasteiger charge is -2.44. The fourth-order valence-corrected chi connectivity index (χ4v) is 7.78. The van der Waals surface area contributed by atoms with Gasteiger partial charge in [-0.25, -0.2) is 13.4 Å². The van der Waals surface area contributed by atoms with Crippen LogP contribution in [-0.2, 0) is 14.6 Å². The first-order chi connectivity index (χ1) is 18.0. The average molecular weight is 561 g/mol. The van der Waals surface area contributed by atoms with Crippen LogP contribution < -0.4 is 5.32 Å². The molecule has 2 amide bonds. The lowest BCUT2D eigenvalue weighted by molar-refractivity contribution is -0.133. The lowest BCUT2D eigenvalue weighted by Crippen LogP contribution is -2.53. The standard InChI is InChI=1S/C28H40N4O4S2/c1-6-38(35,36)17-22-15-23(31(5)18(2)3)10-11-25(22)32-13-12-24(28(32)34)30-26(33)20-8-7-9-21(14-20)27-29-19(4)16-37-27/h7-9,14,16,18,22-25H,6,10-13,15,17H2,1-5H3,(H,30,33)/t22-,23+,24?,25-/m0/s1. The second-order valence-corrected chi connectivity index (χ2v) is 14.2. The van der Waals surface area contributed by atoms with Gasteiger partial charge in [-0.2, -0.15) is 0 Å². The smallest absolute Gasteiger partial charge is 0.251 e. The molecule has 1 unspecified atom stereocenters. The highest BCUT2D eigenvalue weighted by atomic mass is 32.2. The third kappa shape index (κ3) is 6.46. The summed E-state index contributed by atoms with van der Waals surface area (Å²) in [6.45, 7) is 8.44. The maximum atomic E-state index is 13.5. The van der Waals surface area contributed by atoms with Crippen LogP contribution in [0.4, 0.5) is 0 Å². The highest BCUT2D eigenvalue weighted by Gasteiger charge is 2.44. The zero-order valence-corrected chi connectivity index (χ0v) is 24.6. The number of thiazole rings is 1. The molecule has 8 nitrogen and oxygen atoms in total. The monoisotopic (exact) mass is 560 g/mol. The van der Waals surface area contributed by atoms with Crippen LogP contribution in [0, 0.1) is 12.8 Å². The van der Waals surface area contributed by atoms with Crippen LogP contribution in [0.25, 0.3) is 10.6 Å². The number of carbonyl (C=O) groups is 2. The number of hydrogen-bond acceptors (Lipinski definition) is 7. The fourth-order valence-electron chi connectivity index (χ4n) is 5.74. The number of amides is 2. The minimum atomic E-state index is -3.19. The van der Waals surface area contributed by atoms with Crippen molar-refractivity contribution in [2.45, 2.75) is 77.5 Å². The number of rotatable bonds is 9. The number of hydrogen-bond donors (Lipinski definition) is 1. The van der Waals surface area contributed by atoms with Gasteiger partial charge >= 0.3 is 0 Å². The van der Waals surface area contributed by atoms with Crippen LogP contribution in [0.5, 0.6) is 0 Å². The Morgan fingerprint density at radius 2 is 2.03 bits per heavy atom. The highest BCUT2D eigenvalue weighted by molar-refractivity contribution is 7.91. The van der Waals surface area contributed by atoms with Crippen molar-refractivity contribution >= 4 is 33.0 Å². The van der Waals surface area contributed by atoms with E-state index in [4.69, 9.17) is 0 Å². The molecule has 2 aromatic rings. The van der Waals surface area contributed by atoms with Gasteiger partial charge in [0, 0.05) is 52.6 Å². The predicted octanol–water partition coefficient (Wildman–Crippen LogP) is 3.76. The van der Waals surface area contributed by atoms with E-state index in [9.17, 15) is 18.0 Å². The van der Waals surface area contributed by atoms with E-state index in [1.54, 1.807) is 13.0 Å². The summed E-state index contributed by atoms with van der Waals surface area (Å²) in [7, 11) is -1.10. The molecule has 1 aromatic heterocycles. The molecule has 38 heavy (non-hydrogen) atoms.